The molecule has 2 N–H and O–H groups in total. The predicted molar refractivity (Wildman–Crippen MR) is 139 cm³/mol. The molecule has 0 aliphatic rings. The zero-order valence-corrected chi connectivity index (χ0v) is 20.4. The minimum Gasteiger partial charge on any atom is -0.406 e. The largest absolute Gasteiger partial charge is 0.573 e. The van der Waals surface area contributed by atoms with E-state index in [2.05, 4.69) is 30.7 Å². The highest BCUT2D eigenvalue weighted by Gasteiger charge is 2.31. The van der Waals surface area contributed by atoms with E-state index in [1.54, 1.807) is 18.0 Å². The molecule has 0 fully saturated rings. The van der Waals surface area contributed by atoms with Gasteiger partial charge in [0.25, 0.3) is 0 Å². The number of thioether (sulfide) groups is 1. The molecule has 12 heteroatoms. The van der Waals surface area contributed by atoms with Gasteiger partial charge in [0.15, 0.2) is 10.9 Å². The molecule has 0 atom stereocenters. The number of nitrogens with zero attached hydrogens (tertiary/aromatic N) is 4. The minimum absolute atomic E-state index is 0.306. The summed E-state index contributed by atoms with van der Waals surface area (Å²) in [5.41, 5.74) is 5.84. The number of aromatic nitrogens is 3. The van der Waals surface area contributed by atoms with E-state index in [-0.39, 0.29) is 5.75 Å². The van der Waals surface area contributed by atoms with Crippen LogP contribution in [-0.4, -0.2) is 38.7 Å². The van der Waals surface area contributed by atoms with Gasteiger partial charge < -0.3 is 10.1 Å². The predicted octanol–water partition coefficient (Wildman–Crippen LogP) is 5.88. The molecule has 0 bridgehead atoms. The van der Waals surface area contributed by atoms with Gasteiger partial charge in [0, 0.05) is 10.5 Å². The molecule has 0 radical (unpaired) electrons. The molecule has 0 aliphatic heterocycles. The molecule has 3 aromatic carbocycles. The van der Waals surface area contributed by atoms with Crippen molar-refractivity contribution in [1.29, 1.82) is 0 Å². The highest BCUT2D eigenvalue weighted by molar-refractivity contribution is 7.98. The number of hydrogen-bond acceptors (Lipinski definition) is 6. The summed E-state index contributed by atoms with van der Waals surface area (Å²) >= 11 is 6.91. The van der Waals surface area contributed by atoms with Crippen molar-refractivity contribution < 1.29 is 17.9 Å². The molecule has 0 unspecified atom stereocenters. The Kier molecular flexibility index (Phi) is 7.86. The fourth-order valence-electron chi connectivity index (χ4n) is 3.10. The van der Waals surface area contributed by atoms with Crippen molar-refractivity contribution in [3.63, 3.8) is 0 Å². The van der Waals surface area contributed by atoms with E-state index in [1.165, 1.54) is 35.3 Å². The quantitative estimate of drug-likeness (QED) is 0.134. The van der Waals surface area contributed by atoms with E-state index in [9.17, 15) is 13.2 Å². The van der Waals surface area contributed by atoms with Crippen molar-refractivity contribution in [3.05, 3.63) is 84.7 Å². The maximum atomic E-state index is 12.3. The standard InChI is InChI=1S/C24H19F3N6OS2/c1-36-21-5-3-2-4-20(21)30-23(35)31-29-14-16-6-8-17(9-7-16)22-28-15-33(32-22)18-10-12-19(13-11-18)34-24(25,26)27/h2-15H,1H3,(H2,30,31,35). The molecule has 1 heterocycles. The van der Waals surface area contributed by atoms with Gasteiger partial charge >= 0.3 is 6.36 Å². The molecule has 4 rings (SSSR count). The number of rotatable bonds is 7. The summed E-state index contributed by atoms with van der Waals surface area (Å²) in [4.78, 5) is 5.36. The first-order valence-electron chi connectivity index (χ1n) is 10.4. The van der Waals surface area contributed by atoms with Crippen molar-refractivity contribution in [2.24, 2.45) is 5.10 Å². The number of ether oxygens (including phenoxy) is 1. The van der Waals surface area contributed by atoms with Gasteiger partial charge in [-0.15, -0.1) is 30.0 Å². The molecule has 0 saturated heterocycles. The lowest BCUT2D eigenvalue weighted by Crippen LogP contribution is -2.24. The van der Waals surface area contributed by atoms with Crippen molar-refractivity contribution >= 4 is 41.0 Å². The zero-order chi connectivity index (χ0) is 25.5. The smallest absolute Gasteiger partial charge is 0.406 e. The van der Waals surface area contributed by atoms with Crippen LogP contribution >= 0.6 is 24.0 Å². The summed E-state index contributed by atoms with van der Waals surface area (Å²) in [5.74, 6) is 0.157. The number of nitrogens with one attached hydrogen (secondary N) is 2. The summed E-state index contributed by atoms with van der Waals surface area (Å²) in [5, 5.41) is 12.0. The van der Waals surface area contributed by atoms with Gasteiger partial charge in [-0.1, -0.05) is 36.4 Å². The molecule has 184 valence electrons. The van der Waals surface area contributed by atoms with Crippen LogP contribution in [-0.2, 0) is 0 Å². The van der Waals surface area contributed by atoms with E-state index in [1.807, 2.05) is 54.8 Å². The molecule has 1 aromatic heterocycles. The van der Waals surface area contributed by atoms with Crippen LogP contribution in [0.25, 0.3) is 17.1 Å². The topological polar surface area (TPSA) is 76.4 Å². The Morgan fingerprint density at radius 3 is 2.47 bits per heavy atom. The Labute approximate surface area is 214 Å². The maximum absolute atomic E-state index is 12.3. The highest BCUT2D eigenvalue weighted by Crippen LogP contribution is 2.25. The van der Waals surface area contributed by atoms with E-state index in [0.717, 1.165) is 21.7 Å². The lowest BCUT2D eigenvalue weighted by molar-refractivity contribution is -0.274. The average Bonchev–Trinajstić information content (AvgIpc) is 3.35. The first-order valence-corrected chi connectivity index (χ1v) is 12.1. The molecular weight excluding hydrogens is 509 g/mol. The third kappa shape index (κ3) is 6.83. The van der Waals surface area contributed by atoms with E-state index in [4.69, 9.17) is 12.2 Å². The second kappa shape index (κ2) is 11.2. The van der Waals surface area contributed by atoms with Crippen LogP contribution in [0.5, 0.6) is 5.75 Å². The number of thiocarbonyl (C=S) groups is 1. The normalized spacial score (nSPS) is 11.4. The maximum Gasteiger partial charge on any atom is 0.573 e. The Morgan fingerprint density at radius 2 is 1.78 bits per heavy atom. The summed E-state index contributed by atoms with van der Waals surface area (Å²) in [6.07, 6.45) is 0.372. The molecular formula is C24H19F3N6OS2. The Balaban J connectivity index is 1.35. The van der Waals surface area contributed by atoms with Crippen LogP contribution in [0.4, 0.5) is 18.9 Å². The summed E-state index contributed by atoms with van der Waals surface area (Å²) < 4.78 is 42.3. The monoisotopic (exact) mass is 528 g/mol. The van der Waals surface area contributed by atoms with Crippen LogP contribution in [0.1, 0.15) is 5.56 Å². The third-order valence-electron chi connectivity index (χ3n) is 4.73. The molecule has 0 amide bonds. The van der Waals surface area contributed by atoms with Crippen LogP contribution in [0.3, 0.4) is 0 Å². The van der Waals surface area contributed by atoms with Gasteiger partial charge in [0.2, 0.25) is 0 Å². The third-order valence-corrected chi connectivity index (χ3v) is 5.72. The van der Waals surface area contributed by atoms with Crippen molar-refractivity contribution in [2.45, 2.75) is 11.3 Å². The van der Waals surface area contributed by atoms with Crippen LogP contribution in [0.15, 0.2) is 89.1 Å². The molecule has 0 spiro atoms. The van der Waals surface area contributed by atoms with Gasteiger partial charge in [-0.2, -0.15) is 5.10 Å². The van der Waals surface area contributed by atoms with Crippen molar-refractivity contribution in [2.75, 3.05) is 11.6 Å². The van der Waals surface area contributed by atoms with Gasteiger partial charge in [-0.05, 0) is 60.4 Å². The van der Waals surface area contributed by atoms with Crippen LogP contribution < -0.4 is 15.5 Å². The van der Waals surface area contributed by atoms with Gasteiger partial charge in [0.05, 0.1) is 17.6 Å². The van der Waals surface area contributed by atoms with Crippen LogP contribution in [0.2, 0.25) is 0 Å². The molecule has 7 nitrogen and oxygen atoms in total. The molecule has 0 saturated carbocycles. The Hall–Kier alpha value is -3.90. The number of hydrazone groups is 1. The molecule has 0 aliphatic carbocycles. The summed E-state index contributed by atoms with van der Waals surface area (Å²) in [7, 11) is 0. The second-order valence-electron chi connectivity index (χ2n) is 7.20. The number of para-hydroxylation sites is 1. The number of hydrogen-bond donors (Lipinski definition) is 2. The average molecular weight is 529 g/mol. The number of alkyl halides is 3. The lowest BCUT2D eigenvalue weighted by atomic mass is 10.1. The number of anilines is 1. The zero-order valence-electron chi connectivity index (χ0n) is 18.7. The van der Waals surface area contributed by atoms with E-state index >= 15 is 0 Å². The minimum atomic E-state index is -4.74. The summed E-state index contributed by atoms with van der Waals surface area (Å²) in [6, 6.07) is 20.6. The van der Waals surface area contributed by atoms with Gasteiger partial charge in [-0.3, -0.25) is 5.43 Å². The number of benzene rings is 3. The molecule has 4 aromatic rings. The Morgan fingerprint density at radius 1 is 1.06 bits per heavy atom. The van der Waals surface area contributed by atoms with Crippen molar-refractivity contribution in [1.82, 2.24) is 20.2 Å². The molecule has 36 heavy (non-hydrogen) atoms. The Bertz CT molecular complexity index is 1360. The number of halogens is 3. The van der Waals surface area contributed by atoms with E-state index in [0.29, 0.717) is 16.6 Å². The van der Waals surface area contributed by atoms with E-state index < -0.39 is 6.36 Å². The van der Waals surface area contributed by atoms with Crippen LogP contribution in [0, 0.1) is 0 Å². The van der Waals surface area contributed by atoms with Crippen molar-refractivity contribution in [3.8, 4) is 22.8 Å². The highest BCUT2D eigenvalue weighted by atomic mass is 32.2. The van der Waals surface area contributed by atoms with Gasteiger partial charge in [0.1, 0.15) is 12.1 Å². The fraction of sp³-hybridized carbons (Fsp3) is 0.0833. The summed E-state index contributed by atoms with van der Waals surface area (Å²) in [6.45, 7) is 0. The SMILES string of the molecule is CSc1ccccc1NC(=S)NN=Cc1ccc(-c2ncn(-c3ccc(OC(F)(F)F)cc3)n2)cc1. The van der Waals surface area contributed by atoms with Gasteiger partial charge in [-0.25, -0.2) is 9.67 Å². The first kappa shape index (κ1) is 25.2. The fourth-order valence-corrected chi connectivity index (χ4v) is 3.82. The first-order chi connectivity index (χ1) is 17.3. The lowest BCUT2D eigenvalue weighted by Gasteiger charge is -2.10. The second-order valence-corrected chi connectivity index (χ2v) is 8.46.